The highest BCUT2D eigenvalue weighted by Gasteiger charge is 1.99. The molecule has 1 heterocycles. The number of thioether (sulfide) groups is 1. The lowest BCUT2D eigenvalue weighted by Gasteiger charge is -2.09. The Labute approximate surface area is 141 Å². The van der Waals surface area contributed by atoms with Gasteiger partial charge in [0.2, 0.25) is 0 Å². The van der Waals surface area contributed by atoms with Gasteiger partial charge in [0.05, 0.1) is 0 Å². The van der Waals surface area contributed by atoms with Crippen LogP contribution >= 0.6 is 24.0 Å². The Morgan fingerprint density at radius 1 is 1.09 bits per heavy atom. The molecule has 2 rings (SSSR count). The third-order valence-electron chi connectivity index (χ3n) is 3.05. The van der Waals surface area contributed by atoms with Gasteiger partial charge in [-0.2, -0.15) is 0 Å². The van der Waals surface area contributed by atoms with Crippen molar-refractivity contribution in [2.75, 3.05) is 17.6 Å². The van der Waals surface area contributed by atoms with Gasteiger partial charge in [0, 0.05) is 17.6 Å². The third kappa shape index (κ3) is 6.03. The standard InChI is InChI=1S/C17H21N3S2/c1-13-4-7-15(8-5-13)22-11-3-10-18-17(21)20-16-9-6-14(2)12-19-16/h4-9,12H,3,10-11H2,1-2H3,(H2,18,19,20,21). The van der Waals surface area contributed by atoms with Crippen LogP contribution in [0.15, 0.2) is 47.5 Å². The minimum Gasteiger partial charge on any atom is -0.362 e. The third-order valence-corrected chi connectivity index (χ3v) is 4.39. The van der Waals surface area contributed by atoms with E-state index < -0.39 is 0 Å². The summed E-state index contributed by atoms with van der Waals surface area (Å²) in [6, 6.07) is 12.6. The molecule has 2 N–H and O–H groups in total. The second-order valence-corrected chi connectivity index (χ2v) is 6.69. The van der Waals surface area contributed by atoms with Crippen molar-refractivity contribution in [1.29, 1.82) is 0 Å². The van der Waals surface area contributed by atoms with Crippen molar-refractivity contribution >= 4 is 34.9 Å². The van der Waals surface area contributed by atoms with Crippen LogP contribution < -0.4 is 10.6 Å². The normalized spacial score (nSPS) is 10.3. The molecule has 0 fully saturated rings. The molecule has 0 amide bonds. The van der Waals surface area contributed by atoms with Gasteiger partial charge < -0.3 is 10.6 Å². The zero-order chi connectivity index (χ0) is 15.8. The van der Waals surface area contributed by atoms with Crippen molar-refractivity contribution in [2.24, 2.45) is 0 Å². The molecule has 0 atom stereocenters. The first-order valence-electron chi connectivity index (χ1n) is 7.30. The summed E-state index contributed by atoms with van der Waals surface area (Å²) in [7, 11) is 0. The Hall–Kier alpha value is -1.59. The number of aromatic nitrogens is 1. The van der Waals surface area contributed by atoms with Crippen LogP contribution in [0.2, 0.25) is 0 Å². The first-order chi connectivity index (χ1) is 10.6. The second-order valence-electron chi connectivity index (χ2n) is 5.12. The fraction of sp³-hybridized carbons (Fsp3) is 0.294. The van der Waals surface area contributed by atoms with Crippen LogP contribution in [0.4, 0.5) is 5.82 Å². The molecule has 1 aromatic heterocycles. The molecular weight excluding hydrogens is 310 g/mol. The number of aryl methyl sites for hydroxylation is 2. The molecule has 5 heteroatoms. The number of nitrogens with one attached hydrogen (secondary N) is 2. The highest BCUT2D eigenvalue weighted by atomic mass is 32.2. The molecule has 2 aromatic rings. The minimum absolute atomic E-state index is 0.622. The molecule has 0 aliphatic carbocycles. The number of pyridine rings is 1. The monoisotopic (exact) mass is 331 g/mol. The van der Waals surface area contributed by atoms with Gasteiger partial charge in [-0.05, 0) is 62.0 Å². The number of hydrogen-bond acceptors (Lipinski definition) is 3. The molecule has 0 saturated heterocycles. The number of anilines is 1. The molecule has 3 nitrogen and oxygen atoms in total. The summed E-state index contributed by atoms with van der Waals surface area (Å²) in [5.74, 6) is 1.85. The van der Waals surface area contributed by atoms with Crippen LogP contribution in [0, 0.1) is 13.8 Å². The Morgan fingerprint density at radius 2 is 1.82 bits per heavy atom. The number of rotatable bonds is 6. The zero-order valence-electron chi connectivity index (χ0n) is 12.9. The maximum absolute atomic E-state index is 5.26. The molecular formula is C17H21N3S2. The molecule has 116 valence electrons. The molecule has 22 heavy (non-hydrogen) atoms. The summed E-state index contributed by atoms with van der Waals surface area (Å²) in [6.45, 7) is 4.98. The molecule has 0 aliphatic rings. The van der Waals surface area contributed by atoms with Gasteiger partial charge in [0.1, 0.15) is 5.82 Å². The summed E-state index contributed by atoms with van der Waals surface area (Å²) in [5, 5.41) is 6.92. The Balaban J connectivity index is 1.61. The highest BCUT2D eigenvalue weighted by Crippen LogP contribution is 2.18. The van der Waals surface area contributed by atoms with E-state index in [4.69, 9.17) is 12.2 Å². The summed E-state index contributed by atoms with van der Waals surface area (Å²) in [6.07, 6.45) is 2.88. The molecule has 0 aliphatic heterocycles. The van der Waals surface area contributed by atoms with Gasteiger partial charge in [0.15, 0.2) is 5.11 Å². The predicted octanol–water partition coefficient (Wildman–Crippen LogP) is 4.17. The van der Waals surface area contributed by atoms with Crippen molar-refractivity contribution in [3.63, 3.8) is 0 Å². The van der Waals surface area contributed by atoms with E-state index in [0.717, 1.165) is 30.1 Å². The van der Waals surface area contributed by atoms with E-state index >= 15 is 0 Å². The lowest BCUT2D eigenvalue weighted by atomic mass is 10.2. The average molecular weight is 332 g/mol. The first-order valence-corrected chi connectivity index (χ1v) is 8.70. The van der Waals surface area contributed by atoms with Crippen molar-refractivity contribution < 1.29 is 0 Å². The number of benzene rings is 1. The smallest absolute Gasteiger partial charge is 0.171 e. The number of nitrogens with zero attached hydrogens (tertiary/aromatic N) is 1. The molecule has 0 unspecified atom stereocenters. The lowest BCUT2D eigenvalue weighted by Crippen LogP contribution is -2.29. The quantitative estimate of drug-likeness (QED) is 0.472. The van der Waals surface area contributed by atoms with Crippen LogP contribution in [-0.4, -0.2) is 22.4 Å². The first kappa shape index (κ1) is 16.8. The number of hydrogen-bond donors (Lipinski definition) is 2. The molecule has 1 aromatic carbocycles. The topological polar surface area (TPSA) is 37.0 Å². The van der Waals surface area contributed by atoms with Crippen LogP contribution in [0.1, 0.15) is 17.5 Å². The van der Waals surface area contributed by atoms with E-state index in [9.17, 15) is 0 Å². The summed E-state index contributed by atoms with van der Waals surface area (Å²) in [5.41, 5.74) is 2.43. The highest BCUT2D eigenvalue weighted by molar-refractivity contribution is 7.99. The van der Waals surface area contributed by atoms with Crippen LogP contribution in [0.5, 0.6) is 0 Å². The maximum atomic E-state index is 5.26. The fourth-order valence-electron chi connectivity index (χ4n) is 1.80. The predicted molar refractivity (Wildman–Crippen MR) is 99.7 cm³/mol. The summed E-state index contributed by atoms with van der Waals surface area (Å²) >= 11 is 7.13. The average Bonchev–Trinajstić information content (AvgIpc) is 2.51. The van der Waals surface area contributed by atoms with E-state index in [2.05, 4.69) is 46.8 Å². The van der Waals surface area contributed by atoms with Crippen molar-refractivity contribution in [1.82, 2.24) is 10.3 Å². The van der Waals surface area contributed by atoms with Gasteiger partial charge in [-0.3, -0.25) is 0 Å². The maximum Gasteiger partial charge on any atom is 0.171 e. The zero-order valence-corrected chi connectivity index (χ0v) is 14.6. The van der Waals surface area contributed by atoms with Crippen LogP contribution in [0.3, 0.4) is 0 Å². The van der Waals surface area contributed by atoms with Crippen LogP contribution in [-0.2, 0) is 0 Å². The van der Waals surface area contributed by atoms with Crippen molar-refractivity contribution in [2.45, 2.75) is 25.2 Å². The van der Waals surface area contributed by atoms with Gasteiger partial charge >= 0.3 is 0 Å². The minimum atomic E-state index is 0.622. The van der Waals surface area contributed by atoms with E-state index in [1.807, 2.05) is 37.0 Å². The Bertz CT molecular complexity index is 594. The number of thiocarbonyl (C=S) groups is 1. The molecule has 0 radical (unpaired) electrons. The van der Waals surface area contributed by atoms with E-state index in [1.165, 1.54) is 10.5 Å². The SMILES string of the molecule is Cc1ccc(SCCCNC(=S)Nc2ccc(C)cn2)cc1. The van der Waals surface area contributed by atoms with Crippen molar-refractivity contribution in [3.05, 3.63) is 53.7 Å². The van der Waals surface area contributed by atoms with Gasteiger partial charge in [-0.15, -0.1) is 11.8 Å². The van der Waals surface area contributed by atoms with Crippen LogP contribution in [0.25, 0.3) is 0 Å². The van der Waals surface area contributed by atoms with E-state index in [1.54, 1.807) is 0 Å². The molecule has 0 bridgehead atoms. The van der Waals surface area contributed by atoms with E-state index in [0.29, 0.717) is 5.11 Å². The van der Waals surface area contributed by atoms with Gasteiger partial charge in [-0.1, -0.05) is 23.8 Å². The summed E-state index contributed by atoms with van der Waals surface area (Å²) in [4.78, 5) is 5.58. The Morgan fingerprint density at radius 3 is 2.50 bits per heavy atom. The second kappa shape index (κ2) is 8.76. The molecule has 0 saturated carbocycles. The Kier molecular flexibility index (Phi) is 6.68. The van der Waals surface area contributed by atoms with Gasteiger partial charge in [-0.25, -0.2) is 4.98 Å². The van der Waals surface area contributed by atoms with Crippen molar-refractivity contribution in [3.8, 4) is 0 Å². The van der Waals surface area contributed by atoms with Gasteiger partial charge in [0.25, 0.3) is 0 Å². The van der Waals surface area contributed by atoms with E-state index in [-0.39, 0.29) is 0 Å². The molecule has 0 spiro atoms. The lowest BCUT2D eigenvalue weighted by molar-refractivity contribution is 0.854. The largest absolute Gasteiger partial charge is 0.362 e. The summed E-state index contributed by atoms with van der Waals surface area (Å²) < 4.78 is 0. The fourth-order valence-corrected chi connectivity index (χ4v) is 2.86.